The summed E-state index contributed by atoms with van der Waals surface area (Å²) in [6.45, 7) is 9.73. The first-order valence-electron chi connectivity index (χ1n) is 6.08. The lowest BCUT2D eigenvalue weighted by molar-refractivity contribution is 0.132. The number of hydrogen-bond donors (Lipinski definition) is 0. The van der Waals surface area contributed by atoms with Gasteiger partial charge in [-0.25, -0.2) is 0 Å². The van der Waals surface area contributed by atoms with Gasteiger partial charge in [0.05, 0.1) is 0 Å². The quantitative estimate of drug-likeness (QED) is 0.546. The summed E-state index contributed by atoms with van der Waals surface area (Å²) in [6, 6.07) is 0. The monoisotopic (exact) mass is 182 g/mol. The Labute approximate surface area is 84.1 Å². The van der Waals surface area contributed by atoms with Gasteiger partial charge in [0.15, 0.2) is 0 Å². The molecule has 1 fully saturated rings. The van der Waals surface area contributed by atoms with E-state index in [4.69, 9.17) is 0 Å². The van der Waals surface area contributed by atoms with Crippen LogP contribution in [0, 0.1) is 17.3 Å². The molecular weight excluding hydrogens is 156 g/mol. The van der Waals surface area contributed by atoms with Crippen LogP contribution in [0.5, 0.6) is 0 Å². The molecule has 1 aliphatic rings. The van der Waals surface area contributed by atoms with E-state index in [2.05, 4.69) is 27.7 Å². The van der Waals surface area contributed by atoms with Crippen molar-refractivity contribution in [2.45, 2.75) is 66.2 Å². The van der Waals surface area contributed by atoms with Gasteiger partial charge in [-0.05, 0) is 23.7 Å². The second-order valence-electron chi connectivity index (χ2n) is 5.56. The maximum absolute atomic E-state index is 2.47. The second-order valence-corrected chi connectivity index (χ2v) is 5.56. The molecule has 0 heterocycles. The van der Waals surface area contributed by atoms with Crippen LogP contribution in [0.2, 0.25) is 0 Å². The molecule has 13 heavy (non-hydrogen) atoms. The zero-order valence-corrected chi connectivity index (χ0v) is 9.90. The SMILES string of the molecule is CCC(C)(C)C1CCCCCC1C. The first-order chi connectivity index (χ1) is 6.08. The normalized spacial score (nSPS) is 31.4. The summed E-state index contributed by atoms with van der Waals surface area (Å²) in [7, 11) is 0. The van der Waals surface area contributed by atoms with Gasteiger partial charge in [-0.3, -0.25) is 0 Å². The maximum atomic E-state index is 2.47. The average molecular weight is 182 g/mol. The molecule has 0 aromatic carbocycles. The summed E-state index contributed by atoms with van der Waals surface area (Å²) in [5.41, 5.74) is 0.573. The topological polar surface area (TPSA) is 0 Å². The average Bonchev–Trinajstić information content (AvgIpc) is 2.30. The largest absolute Gasteiger partial charge is 0.0649 e. The Morgan fingerprint density at radius 3 is 2.31 bits per heavy atom. The van der Waals surface area contributed by atoms with Crippen LogP contribution >= 0.6 is 0 Å². The summed E-state index contributed by atoms with van der Waals surface area (Å²) >= 11 is 0. The van der Waals surface area contributed by atoms with Crippen molar-refractivity contribution in [3.05, 3.63) is 0 Å². The van der Waals surface area contributed by atoms with Crippen molar-refractivity contribution in [1.82, 2.24) is 0 Å². The van der Waals surface area contributed by atoms with Gasteiger partial charge >= 0.3 is 0 Å². The van der Waals surface area contributed by atoms with Crippen molar-refractivity contribution < 1.29 is 0 Å². The molecule has 0 spiro atoms. The van der Waals surface area contributed by atoms with Gasteiger partial charge in [0.25, 0.3) is 0 Å². The van der Waals surface area contributed by atoms with E-state index >= 15 is 0 Å². The minimum absolute atomic E-state index is 0.573. The lowest BCUT2D eigenvalue weighted by atomic mass is 9.69. The lowest BCUT2D eigenvalue weighted by Crippen LogP contribution is -2.28. The molecule has 0 aliphatic heterocycles. The molecule has 0 amide bonds. The third-order valence-electron chi connectivity index (χ3n) is 4.28. The zero-order valence-electron chi connectivity index (χ0n) is 9.90. The van der Waals surface area contributed by atoms with E-state index < -0.39 is 0 Å². The lowest BCUT2D eigenvalue weighted by Gasteiger charge is -2.37. The highest BCUT2D eigenvalue weighted by molar-refractivity contribution is 4.82. The first-order valence-corrected chi connectivity index (χ1v) is 6.08. The third kappa shape index (κ3) is 2.72. The molecule has 2 atom stereocenters. The van der Waals surface area contributed by atoms with E-state index in [1.165, 1.54) is 38.5 Å². The van der Waals surface area contributed by atoms with Gasteiger partial charge in [0.2, 0.25) is 0 Å². The fourth-order valence-corrected chi connectivity index (χ4v) is 2.92. The Bertz CT molecular complexity index is 146. The molecular formula is C13H26. The predicted octanol–water partition coefficient (Wildman–Crippen LogP) is 4.64. The first kappa shape index (κ1) is 11.1. The van der Waals surface area contributed by atoms with Gasteiger partial charge in [-0.15, -0.1) is 0 Å². The van der Waals surface area contributed by atoms with E-state index in [0.29, 0.717) is 5.41 Å². The van der Waals surface area contributed by atoms with Gasteiger partial charge in [0, 0.05) is 0 Å². The highest BCUT2D eigenvalue weighted by Gasteiger charge is 2.32. The smallest absolute Gasteiger partial charge is 0.0326 e. The molecule has 1 saturated carbocycles. The zero-order chi connectivity index (χ0) is 9.90. The summed E-state index contributed by atoms with van der Waals surface area (Å²) in [5.74, 6) is 1.93. The van der Waals surface area contributed by atoms with Crippen LogP contribution < -0.4 is 0 Å². The van der Waals surface area contributed by atoms with Crippen LogP contribution in [0.15, 0.2) is 0 Å². The van der Waals surface area contributed by atoms with Crippen LogP contribution in [0.3, 0.4) is 0 Å². The van der Waals surface area contributed by atoms with Crippen molar-refractivity contribution in [2.75, 3.05) is 0 Å². The van der Waals surface area contributed by atoms with Crippen molar-refractivity contribution >= 4 is 0 Å². The molecule has 0 aromatic heterocycles. The van der Waals surface area contributed by atoms with Crippen molar-refractivity contribution in [3.63, 3.8) is 0 Å². The van der Waals surface area contributed by atoms with Crippen LogP contribution in [0.4, 0.5) is 0 Å². The van der Waals surface area contributed by atoms with Gasteiger partial charge in [0.1, 0.15) is 0 Å². The van der Waals surface area contributed by atoms with Gasteiger partial charge < -0.3 is 0 Å². The molecule has 0 heteroatoms. The predicted molar refractivity (Wildman–Crippen MR) is 59.8 cm³/mol. The summed E-state index contributed by atoms with van der Waals surface area (Å²) < 4.78 is 0. The molecule has 0 bridgehead atoms. The highest BCUT2D eigenvalue weighted by Crippen LogP contribution is 2.42. The molecule has 0 aromatic rings. The van der Waals surface area contributed by atoms with Crippen LogP contribution in [-0.2, 0) is 0 Å². The van der Waals surface area contributed by atoms with Crippen molar-refractivity contribution in [2.24, 2.45) is 17.3 Å². The molecule has 1 rings (SSSR count). The maximum Gasteiger partial charge on any atom is -0.0326 e. The van der Waals surface area contributed by atoms with E-state index in [-0.39, 0.29) is 0 Å². The van der Waals surface area contributed by atoms with Crippen LogP contribution in [0.25, 0.3) is 0 Å². The molecule has 0 saturated heterocycles. The van der Waals surface area contributed by atoms with E-state index in [1.807, 2.05) is 0 Å². The molecule has 0 radical (unpaired) electrons. The Morgan fingerprint density at radius 1 is 1.08 bits per heavy atom. The Morgan fingerprint density at radius 2 is 1.69 bits per heavy atom. The van der Waals surface area contributed by atoms with Crippen LogP contribution in [-0.4, -0.2) is 0 Å². The standard InChI is InChI=1S/C13H26/c1-5-13(3,4)12-10-8-6-7-9-11(12)2/h11-12H,5-10H2,1-4H3. The third-order valence-corrected chi connectivity index (χ3v) is 4.28. The second kappa shape index (κ2) is 4.48. The van der Waals surface area contributed by atoms with Crippen LogP contribution in [0.1, 0.15) is 66.2 Å². The molecule has 0 nitrogen and oxygen atoms in total. The Hall–Kier alpha value is 0. The van der Waals surface area contributed by atoms with Gasteiger partial charge in [-0.2, -0.15) is 0 Å². The number of rotatable bonds is 2. The fraction of sp³-hybridized carbons (Fsp3) is 1.00. The molecule has 0 N–H and O–H groups in total. The summed E-state index contributed by atoms with van der Waals surface area (Å²) in [4.78, 5) is 0. The van der Waals surface area contributed by atoms with Gasteiger partial charge in [-0.1, -0.05) is 59.8 Å². The van der Waals surface area contributed by atoms with Crippen molar-refractivity contribution in [1.29, 1.82) is 0 Å². The van der Waals surface area contributed by atoms with E-state index in [9.17, 15) is 0 Å². The minimum atomic E-state index is 0.573. The molecule has 1 aliphatic carbocycles. The fourth-order valence-electron chi connectivity index (χ4n) is 2.92. The summed E-state index contributed by atoms with van der Waals surface area (Å²) in [5, 5.41) is 0. The highest BCUT2D eigenvalue weighted by atomic mass is 14.4. The molecule has 78 valence electrons. The number of hydrogen-bond acceptors (Lipinski definition) is 0. The molecule has 2 unspecified atom stereocenters. The van der Waals surface area contributed by atoms with E-state index in [1.54, 1.807) is 0 Å². The van der Waals surface area contributed by atoms with E-state index in [0.717, 1.165) is 11.8 Å². The Kier molecular flexibility index (Phi) is 3.82. The Balaban J connectivity index is 2.63. The summed E-state index contributed by atoms with van der Waals surface area (Å²) in [6.07, 6.45) is 8.69. The minimum Gasteiger partial charge on any atom is -0.0649 e. The van der Waals surface area contributed by atoms with Crippen molar-refractivity contribution in [3.8, 4) is 0 Å².